The molecule has 0 spiro atoms. The molecule has 2 aromatic carbocycles. The van der Waals surface area contributed by atoms with Gasteiger partial charge in [-0.25, -0.2) is 4.79 Å². The lowest BCUT2D eigenvalue weighted by Gasteiger charge is -2.36. The number of ether oxygens (including phenoxy) is 1. The Morgan fingerprint density at radius 2 is 1.68 bits per heavy atom. The summed E-state index contributed by atoms with van der Waals surface area (Å²) in [4.78, 5) is 16.1. The number of urea groups is 1. The van der Waals surface area contributed by atoms with Gasteiger partial charge in [0, 0.05) is 31.9 Å². The van der Waals surface area contributed by atoms with Crippen molar-refractivity contribution < 1.29 is 22.7 Å². The molecule has 1 aliphatic rings. The highest BCUT2D eigenvalue weighted by Gasteiger charge is 2.34. The van der Waals surface area contributed by atoms with Crippen LogP contribution >= 0.6 is 0 Å². The predicted molar refractivity (Wildman–Crippen MR) is 102 cm³/mol. The van der Waals surface area contributed by atoms with Gasteiger partial charge in [0.1, 0.15) is 5.75 Å². The molecule has 28 heavy (non-hydrogen) atoms. The maximum Gasteiger partial charge on any atom is 0.418 e. The molecule has 0 bridgehead atoms. The summed E-state index contributed by atoms with van der Waals surface area (Å²) in [6.45, 7) is 4.57. The molecule has 0 saturated carbocycles. The van der Waals surface area contributed by atoms with Crippen LogP contribution in [0.2, 0.25) is 0 Å². The van der Waals surface area contributed by atoms with E-state index in [4.69, 9.17) is 4.74 Å². The summed E-state index contributed by atoms with van der Waals surface area (Å²) in [5, 5.41) is 2.39. The monoisotopic (exact) mass is 393 g/mol. The lowest BCUT2D eigenvalue weighted by molar-refractivity contribution is -0.136. The molecule has 3 rings (SSSR count). The highest BCUT2D eigenvalue weighted by atomic mass is 19.4. The number of para-hydroxylation sites is 1. The Kier molecular flexibility index (Phi) is 5.96. The quantitative estimate of drug-likeness (QED) is 0.834. The molecule has 5 nitrogen and oxygen atoms in total. The Bertz CT molecular complexity index is 801. The van der Waals surface area contributed by atoms with Gasteiger partial charge >= 0.3 is 12.2 Å². The normalized spacial score (nSPS) is 14.7. The van der Waals surface area contributed by atoms with Gasteiger partial charge in [-0.05, 0) is 43.3 Å². The highest BCUT2D eigenvalue weighted by Crippen LogP contribution is 2.34. The fraction of sp³-hybridized carbons (Fsp3) is 0.350. The molecule has 8 heteroatoms. The minimum absolute atomic E-state index is 0.228. The van der Waals surface area contributed by atoms with Gasteiger partial charge in [0.05, 0.1) is 17.9 Å². The van der Waals surface area contributed by atoms with E-state index in [0.29, 0.717) is 32.8 Å². The van der Waals surface area contributed by atoms with E-state index < -0.39 is 17.8 Å². The molecule has 0 radical (unpaired) electrons. The van der Waals surface area contributed by atoms with Crippen LogP contribution in [-0.2, 0) is 6.18 Å². The number of piperazine rings is 1. The van der Waals surface area contributed by atoms with Gasteiger partial charge in [0.25, 0.3) is 0 Å². The van der Waals surface area contributed by atoms with Crippen LogP contribution in [0, 0.1) is 0 Å². The van der Waals surface area contributed by atoms with Crippen molar-refractivity contribution in [1.82, 2.24) is 4.90 Å². The number of hydrogen-bond donors (Lipinski definition) is 1. The van der Waals surface area contributed by atoms with Gasteiger partial charge < -0.3 is 19.9 Å². The first-order valence-electron chi connectivity index (χ1n) is 9.08. The molecule has 2 amide bonds. The third-order valence-corrected chi connectivity index (χ3v) is 4.55. The number of benzene rings is 2. The Morgan fingerprint density at radius 1 is 1.04 bits per heavy atom. The summed E-state index contributed by atoms with van der Waals surface area (Å²) >= 11 is 0. The van der Waals surface area contributed by atoms with Crippen molar-refractivity contribution >= 4 is 17.4 Å². The second-order valence-electron chi connectivity index (χ2n) is 6.37. The summed E-state index contributed by atoms with van der Waals surface area (Å²) < 4.78 is 44.7. The van der Waals surface area contributed by atoms with Gasteiger partial charge in [0.15, 0.2) is 0 Å². The summed E-state index contributed by atoms with van der Waals surface area (Å²) in [7, 11) is 0. The number of nitrogens with one attached hydrogen (secondary N) is 1. The zero-order chi connectivity index (χ0) is 20.1. The number of hydrogen-bond acceptors (Lipinski definition) is 3. The van der Waals surface area contributed by atoms with E-state index in [1.165, 1.54) is 23.1 Å². The predicted octanol–water partition coefficient (Wildman–Crippen LogP) is 4.46. The zero-order valence-corrected chi connectivity index (χ0v) is 15.5. The molecule has 0 atom stereocenters. The molecular formula is C20H22F3N3O2. The SMILES string of the molecule is CCOc1ccc(N2CCN(C(=O)Nc3ccccc3C(F)(F)F)CC2)cc1. The Labute approximate surface area is 161 Å². The average Bonchev–Trinajstić information content (AvgIpc) is 2.68. The Balaban J connectivity index is 1.59. The fourth-order valence-electron chi connectivity index (χ4n) is 3.12. The molecule has 1 heterocycles. The van der Waals surface area contributed by atoms with Crippen molar-refractivity contribution in [2.75, 3.05) is 43.0 Å². The minimum Gasteiger partial charge on any atom is -0.494 e. The molecule has 2 aromatic rings. The number of nitrogens with zero attached hydrogens (tertiary/aromatic N) is 2. The minimum atomic E-state index is -4.52. The van der Waals surface area contributed by atoms with Gasteiger partial charge in [-0.2, -0.15) is 13.2 Å². The summed E-state index contributed by atoms with van der Waals surface area (Å²) in [5.74, 6) is 0.799. The number of halogens is 3. The molecule has 0 aromatic heterocycles. The number of rotatable bonds is 4. The first-order chi connectivity index (χ1) is 13.4. The standard InChI is InChI=1S/C20H22F3N3O2/c1-2-28-16-9-7-15(8-10-16)25-11-13-26(14-12-25)19(27)24-18-6-4-3-5-17(18)20(21,22)23/h3-10H,2,11-14H2,1H3,(H,24,27). The van der Waals surface area contributed by atoms with Crippen molar-refractivity contribution in [3.05, 3.63) is 54.1 Å². The maximum absolute atomic E-state index is 13.1. The number of anilines is 2. The second-order valence-corrected chi connectivity index (χ2v) is 6.37. The van der Waals surface area contributed by atoms with E-state index in [-0.39, 0.29) is 5.69 Å². The second kappa shape index (κ2) is 8.41. The van der Waals surface area contributed by atoms with Crippen molar-refractivity contribution in [2.45, 2.75) is 13.1 Å². The first kappa shape index (κ1) is 19.9. The molecule has 0 aliphatic carbocycles. The van der Waals surface area contributed by atoms with Crippen LogP contribution in [-0.4, -0.2) is 43.7 Å². The number of alkyl halides is 3. The van der Waals surface area contributed by atoms with Crippen LogP contribution < -0.4 is 15.0 Å². The van der Waals surface area contributed by atoms with Crippen LogP contribution in [0.25, 0.3) is 0 Å². The van der Waals surface area contributed by atoms with Gasteiger partial charge in [-0.3, -0.25) is 0 Å². The molecule has 150 valence electrons. The Hall–Kier alpha value is -2.90. The molecule has 1 fully saturated rings. The number of amides is 2. The van der Waals surface area contributed by atoms with Crippen LogP contribution in [0.4, 0.5) is 29.3 Å². The summed E-state index contributed by atoms with van der Waals surface area (Å²) in [6, 6.07) is 12.2. The van der Waals surface area contributed by atoms with Crippen molar-refractivity contribution in [3.8, 4) is 5.75 Å². The molecule has 0 unspecified atom stereocenters. The number of carbonyl (C=O) groups is 1. The summed E-state index contributed by atoms with van der Waals surface area (Å²) in [6.07, 6.45) is -4.52. The van der Waals surface area contributed by atoms with E-state index in [1.54, 1.807) is 0 Å². The third-order valence-electron chi connectivity index (χ3n) is 4.55. The van der Waals surface area contributed by atoms with E-state index in [9.17, 15) is 18.0 Å². The topological polar surface area (TPSA) is 44.8 Å². The van der Waals surface area contributed by atoms with E-state index >= 15 is 0 Å². The van der Waals surface area contributed by atoms with E-state index in [0.717, 1.165) is 17.5 Å². The van der Waals surface area contributed by atoms with E-state index in [2.05, 4.69) is 10.2 Å². The lowest BCUT2D eigenvalue weighted by Crippen LogP contribution is -2.50. The van der Waals surface area contributed by atoms with Gasteiger partial charge in [-0.15, -0.1) is 0 Å². The summed E-state index contributed by atoms with van der Waals surface area (Å²) in [5.41, 5.74) is -0.0590. The molecular weight excluding hydrogens is 371 g/mol. The van der Waals surface area contributed by atoms with E-state index in [1.807, 2.05) is 31.2 Å². The van der Waals surface area contributed by atoms with Crippen molar-refractivity contribution in [2.24, 2.45) is 0 Å². The van der Waals surface area contributed by atoms with Gasteiger partial charge in [-0.1, -0.05) is 12.1 Å². The van der Waals surface area contributed by atoms with Crippen LogP contribution in [0.1, 0.15) is 12.5 Å². The van der Waals surface area contributed by atoms with Crippen LogP contribution in [0.15, 0.2) is 48.5 Å². The van der Waals surface area contributed by atoms with Crippen LogP contribution in [0.3, 0.4) is 0 Å². The highest BCUT2D eigenvalue weighted by molar-refractivity contribution is 5.90. The third kappa shape index (κ3) is 4.68. The zero-order valence-electron chi connectivity index (χ0n) is 15.5. The van der Waals surface area contributed by atoms with Crippen molar-refractivity contribution in [3.63, 3.8) is 0 Å². The van der Waals surface area contributed by atoms with Crippen LogP contribution in [0.5, 0.6) is 5.75 Å². The fourth-order valence-corrected chi connectivity index (χ4v) is 3.12. The Morgan fingerprint density at radius 3 is 2.29 bits per heavy atom. The largest absolute Gasteiger partial charge is 0.494 e. The molecule has 1 saturated heterocycles. The first-order valence-corrected chi connectivity index (χ1v) is 9.08. The number of carbonyl (C=O) groups excluding carboxylic acids is 1. The van der Waals surface area contributed by atoms with Gasteiger partial charge in [0.2, 0.25) is 0 Å². The smallest absolute Gasteiger partial charge is 0.418 e. The lowest BCUT2D eigenvalue weighted by atomic mass is 10.1. The molecule has 1 aliphatic heterocycles. The van der Waals surface area contributed by atoms with Crippen molar-refractivity contribution in [1.29, 1.82) is 0 Å². The molecule has 1 N–H and O–H groups in total. The average molecular weight is 393 g/mol. The maximum atomic E-state index is 13.1.